The van der Waals surface area contributed by atoms with Crippen LogP contribution in [-0.2, 0) is 102 Å². The standard InChI is InChI=1S/C72H77FN8O20/c1-4-72(95)47-30-53-61-45(35-81(53)67(90)46(47)37-98-70(72)93)60-49(21-20-44-38(2)48(73)31-50(78-61)59(44)60)79-71(94)99-36-39-17-22-54(100-69-64(88)62(86)63(87)65(101-69)68(91)92)43(29-39)32-75-55(82)23-25-74-66(89)51(33-76-56(83)24-26-97-28-27-96-3)77-57(84)15-9-10-16-58(85)80-34-42-13-6-5-11-40(42)18-19-41-12-7-8-14-52(41)80/h5-8,11-14,17,22,29-31,49,51,62-65,69,86-88,95H,4,9-10,15-16,20-21,23-28,32-37H2,1-3H3,(H,74,89)(H,75,82)(H,76,83)(H,77,84)(H,79,94)(H,91,92). The number of esters is 1. The molecule has 0 bridgehead atoms. The minimum atomic E-state index is -2.11. The van der Waals surface area contributed by atoms with E-state index >= 15 is 4.39 Å². The molecular formula is C72H77FN8O20. The van der Waals surface area contributed by atoms with E-state index in [1.807, 2.05) is 48.5 Å². The lowest BCUT2D eigenvalue weighted by Crippen LogP contribution is -2.61. The molecule has 5 aliphatic rings. The molecule has 0 saturated carbocycles. The van der Waals surface area contributed by atoms with Crippen molar-refractivity contribution < 1.29 is 96.7 Å². The minimum absolute atomic E-state index is 0.0226. The Hall–Kier alpha value is -10.2. The number of amides is 6. The van der Waals surface area contributed by atoms with Gasteiger partial charge in [0.05, 0.1) is 67.1 Å². The highest BCUT2D eigenvalue weighted by atomic mass is 19.1. The number of nitrogens with one attached hydrogen (secondary N) is 5. The summed E-state index contributed by atoms with van der Waals surface area (Å²) in [5, 5.41) is 67.3. The van der Waals surface area contributed by atoms with Gasteiger partial charge in [-0.3, -0.25) is 28.8 Å². The number of nitrogens with zero attached hydrogens (tertiary/aromatic N) is 3. The summed E-state index contributed by atoms with van der Waals surface area (Å²) in [7, 11) is 1.50. The van der Waals surface area contributed by atoms with Gasteiger partial charge >= 0.3 is 18.0 Å². The number of hydrogen-bond acceptors (Lipinski definition) is 20. The molecule has 101 heavy (non-hydrogen) atoms. The van der Waals surface area contributed by atoms with Crippen LogP contribution < -0.4 is 41.8 Å². The van der Waals surface area contributed by atoms with Gasteiger partial charge in [-0.05, 0) is 103 Å². The number of benzene rings is 4. The van der Waals surface area contributed by atoms with E-state index in [0.29, 0.717) is 70.4 Å². The Morgan fingerprint density at radius 3 is 2.36 bits per heavy atom. The van der Waals surface area contributed by atoms with Crippen molar-refractivity contribution in [2.24, 2.45) is 0 Å². The second-order valence-electron chi connectivity index (χ2n) is 25.1. The molecule has 6 amide bonds. The summed E-state index contributed by atoms with van der Waals surface area (Å²) in [4.78, 5) is 127. The van der Waals surface area contributed by atoms with Crippen LogP contribution in [0, 0.1) is 24.6 Å². The summed E-state index contributed by atoms with van der Waals surface area (Å²) in [6.07, 6.45) is -10.2. The molecule has 1 saturated heterocycles. The lowest BCUT2D eigenvalue weighted by molar-refractivity contribution is -0.271. The number of aliphatic hydroxyl groups excluding tert-OH is 3. The average molecular weight is 1390 g/mol. The van der Waals surface area contributed by atoms with Gasteiger partial charge in [0.1, 0.15) is 49.1 Å². The molecule has 4 aliphatic heterocycles. The van der Waals surface area contributed by atoms with E-state index in [9.17, 15) is 68.7 Å². The van der Waals surface area contributed by atoms with Crippen LogP contribution in [0.15, 0.2) is 83.7 Å². The quantitative estimate of drug-likeness (QED) is 0.0201. The van der Waals surface area contributed by atoms with Crippen molar-refractivity contribution in [3.05, 3.63) is 156 Å². The van der Waals surface area contributed by atoms with Gasteiger partial charge in [-0.25, -0.2) is 23.8 Å². The molecule has 11 rings (SSSR count). The maximum Gasteiger partial charge on any atom is 0.407 e. The normalized spacial score (nSPS) is 20.1. The molecule has 8 atom stereocenters. The predicted molar refractivity (Wildman–Crippen MR) is 355 cm³/mol. The third-order valence-electron chi connectivity index (χ3n) is 18.6. The van der Waals surface area contributed by atoms with Crippen LogP contribution in [0.4, 0.5) is 14.9 Å². The number of para-hydroxylation sites is 1. The number of anilines is 1. The van der Waals surface area contributed by atoms with E-state index in [-0.39, 0.29) is 136 Å². The molecule has 28 nitrogen and oxygen atoms in total. The fraction of sp³-hybridized carbons (Fsp3) is 0.417. The van der Waals surface area contributed by atoms with E-state index in [1.54, 1.807) is 18.7 Å². The van der Waals surface area contributed by atoms with Gasteiger partial charge in [0.25, 0.3) is 5.56 Å². The number of carboxylic acids is 1. The number of unbranched alkanes of at least 4 members (excludes halogenated alkanes) is 1. The van der Waals surface area contributed by atoms with E-state index in [1.165, 1.54) is 42.0 Å². The smallest absolute Gasteiger partial charge is 0.407 e. The van der Waals surface area contributed by atoms with Crippen LogP contribution in [-0.4, -0.2) is 159 Å². The monoisotopic (exact) mass is 1390 g/mol. The first-order valence-corrected chi connectivity index (χ1v) is 33.2. The Balaban J connectivity index is 0.745. The summed E-state index contributed by atoms with van der Waals surface area (Å²) in [5.41, 5.74) is 4.01. The van der Waals surface area contributed by atoms with Crippen molar-refractivity contribution in [1.29, 1.82) is 0 Å². The highest BCUT2D eigenvalue weighted by Crippen LogP contribution is 2.46. The van der Waals surface area contributed by atoms with E-state index in [4.69, 9.17) is 33.4 Å². The van der Waals surface area contributed by atoms with Gasteiger partial charge in [0, 0.05) is 91.7 Å². The third kappa shape index (κ3) is 15.7. The Kier molecular flexibility index (Phi) is 22.5. The van der Waals surface area contributed by atoms with Crippen LogP contribution >= 0.6 is 0 Å². The Morgan fingerprint density at radius 1 is 0.822 bits per heavy atom. The number of ether oxygens (including phenoxy) is 6. The predicted octanol–water partition coefficient (Wildman–Crippen LogP) is 3.00. The number of methoxy groups -OCH3 is 1. The lowest BCUT2D eigenvalue weighted by atomic mass is 9.81. The third-order valence-corrected chi connectivity index (χ3v) is 18.6. The van der Waals surface area contributed by atoms with Crippen LogP contribution in [0.5, 0.6) is 5.75 Å². The molecule has 0 spiro atoms. The van der Waals surface area contributed by atoms with Crippen LogP contribution in [0.3, 0.4) is 0 Å². The number of aliphatic carboxylic acids is 1. The van der Waals surface area contributed by atoms with Crippen LogP contribution in [0.1, 0.15) is 126 Å². The SMILES string of the molecule is CCC1(O)C(=O)OCc2c1cc1n(c2=O)Cc2c-1nc1cc(F)c(C)c3c1c2C(NC(=O)OCc1ccc(OC2OC(C(=O)O)C(O)C(O)C2O)c(CNC(=O)CCNC(=O)C(CNC(=O)CCOCCOC)NC(=O)CCCCC(=O)N2Cc4ccccc4C#Cc4ccccc42)c1)CC3. The zero-order valence-electron chi connectivity index (χ0n) is 55.6. The summed E-state index contributed by atoms with van der Waals surface area (Å²) in [5.74, 6) is 0.560. The number of cyclic esters (lactones) is 1. The van der Waals surface area contributed by atoms with Crippen molar-refractivity contribution in [2.75, 3.05) is 44.9 Å². The fourth-order valence-corrected chi connectivity index (χ4v) is 13.1. The number of aliphatic hydroxyl groups is 4. The number of fused-ring (bicyclic) bond motifs is 7. The summed E-state index contributed by atoms with van der Waals surface area (Å²) < 4.78 is 49.8. The number of alkyl carbamates (subject to hydrolysis) is 1. The molecule has 29 heteroatoms. The topological polar surface area (TPSA) is 391 Å². The first-order valence-electron chi connectivity index (χ1n) is 33.2. The number of pyridine rings is 2. The Labute approximate surface area is 577 Å². The lowest BCUT2D eigenvalue weighted by Gasteiger charge is -2.38. The molecular weight excluding hydrogens is 1320 g/mol. The molecule has 4 aromatic carbocycles. The van der Waals surface area contributed by atoms with Crippen molar-refractivity contribution in [3.63, 3.8) is 0 Å². The number of hydrogen-bond donors (Lipinski definition) is 10. The maximum absolute atomic E-state index is 15.6. The summed E-state index contributed by atoms with van der Waals surface area (Å²) >= 11 is 0. The van der Waals surface area contributed by atoms with Crippen molar-refractivity contribution in [3.8, 4) is 29.0 Å². The van der Waals surface area contributed by atoms with Crippen molar-refractivity contribution >= 4 is 64.2 Å². The molecule has 0 radical (unpaired) electrons. The Bertz CT molecular complexity index is 4380. The fourth-order valence-electron chi connectivity index (χ4n) is 13.1. The number of halogens is 1. The van der Waals surface area contributed by atoms with Gasteiger partial charge in [-0.1, -0.05) is 55.2 Å². The zero-order chi connectivity index (χ0) is 71.8. The second kappa shape index (κ2) is 31.6. The molecule has 6 aromatic rings. The van der Waals surface area contributed by atoms with Gasteiger partial charge < -0.3 is 90.0 Å². The largest absolute Gasteiger partial charge is 0.479 e. The number of rotatable bonds is 27. The molecule has 8 unspecified atom stereocenters. The van der Waals surface area contributed by atoms with E-state index in [0.717, 1.165) is 11.1 Å². The second-order valence-corrected chi connectivity index (χ2v) is 25.1. The zero-order valence-corrected chi connectivity index (χ0v) is 55.6. The number of carboxylic acid groups (broad SMARTS) is 1. The molecule has 6 heterocycles. The molecule has 10 N–H and O–H groups in total. The molecule has 1 fully saturated rings. The van der Waals surface area contributed by atoms with Gasteiger partial charge in [-0.15, -0.1) is 0 Å². The van der Waals surface area contributed by atoms with E-state index in [2.05, 4.69) is 38.4 Å². The summed E-state index contributed by atoms with van der Waals surface area (Å²) in [6.45, 7) is 2.33. The maximum atomic E-state index is 15.6. The van der Waals surface area contributed by atoms with Crippen LogP contribution in [0.25, 0.3) is 22.3 Å². The highest BCUT2D eigenvalue weighted by molar-refractivity contribution is 5.96. The number of aromatic nitrogens is 2. The van der Waals surface area contributed by atoms with E-state index < -0.39 is 108 Å². The van der Waals surface area contributed by atoms with Crippen molar-refractivity contribution in [2.45, 2.75) is 153 Å². The molecule has 532 valence electrons. The summed E-state index contributed by atoms with van der Waals surface area (Å²) in [6, 6.07) is 19.9. The molecule has 2 aromatic heterocycles. The number of carbonyl (C=O) groups is 8. The highest BCUT2D eigenvalue weighted by Gasteiger charge is 2.49. The number of aryl methyl sites for hydroxylation is 1. The first-order chi connectivity index (χ1) is 48.6. The van der Waals surface area contributed by atoms with Crippen molar-refractivity contribution in [1.82, 2.24) is 36.1 Å². The average Bonchev–Trinajstić information content (AvgIpc) is 1.60. The molecule has 1 aliphatic carbocycles. The van der Waals surface area contributed by atoms with Gasteiger partial charge in [-0.2, -0.15) is 0 Å². The first kappa shape index (κ1) is 72.1. The van der Waals surface area contributed by atoms with Gasteiger partial charge in [0.15, 0.2) is 11.7 Å². The van der Waals surface area contributed by atoms with Gasteiger partial charge in [0.2, 0.25) is 35.8 Å². The van der Waals surface area contributed by atoms with Crippen LogP contribution in [0.2, 0.25) is 0 Å². The Morgan fingerprint density at radius 2 is 1.57 bits per heavy atom. The minimum Gasteiger partial charge on any atom is -0.479 e. The number of carbonyl (C=O) groups excluding carboxylic acids is 7.